The van der Waals surface area contributed by atoms with Crippen molar-refractivity contribution in [2.45, 2.75) is 18.2 Å². The van der Waals surface area contributed by atoms with E-state index in [1.54, 1.807) is 25.3 Å². The van der Waals surface area contributed by atoms with Gasteiger partial charge in [-0.05, 0) is 25.1 Å². The number of fused-ring (bicyclic) bond motifs is 1. The van der Waals surface area contributed by atoms with Gasteiger partial charge in [0.15, 0.2) is 15.7 Å². The van der Waals surface area contributed by atoms with Gasteiger partial charge in [0, 0.05) is 17.1 Å². The van der Waals surface area contributed by atoms with E-state index in [0.717, 1.165) is 5.39 Å². The van der Waals surface area contributed by atoms with E-state index in [2.05, 4.69) is 37.4 Å². The van der Waals surface area contributed by atoms with Crippen molar-refractivity contribution in [1.29, 1.82) is 5.41 Å². The molecule has 1 aliphatic rings. The van der Waals surface area contributed by atoms with Gasteiger partial charge in [-0.3, -0.25) is 5.41 Å². The van der Waals surface area contributed by atoms with Crippen molar-refractivity contribution in [2.24, 2.45) is 0 Å². The van der Waals surface area contributed by atoms with Gasteiger partial charge in [-0.2, -0.15) is 4.39 Å². The van der Waals surface area contributed by atoms with E-state index in [1.807, 2.05) is 0 Å². The number of nitrogens with one attached hydrogen (secondary N) is 3. The highest BCUT2D eigenvalue weighted by Gasteiger charge is 2.39. The lowest BCUT2D eigenvalue weighted by Gasteiger charge is -2.30. The van der Waals surface area contributed by atoms with Crippen LogP contribution in [0.15, 0.2) is 36.8 Å². The molecule has 1 fully saturated rings. The van der Waals surface area contributed by atoms with E-state index in [0.29, 0.717) is 22.8 Å². The van der Waals surface area contributed by atoms with Crippen molar-refractivity contribution in [3.8, 4) is 17.6 Å². The zero-order chi connectivity index (χ0) is 24.3. The number of rotatable bonds is 6. The Morgan fingerprint density at radius 1 is 1.29 bits per heavy atom. The SMILES string of the molecule is CC#CCOc1cnc2c(Nc3cnc(F)c(C4CS(=O)(=O)C(CF)C(=N)N4)c3)nccc2c1. The molecule has 9 nitrogen and oxygen atoms in total. The molecule has 0 bridgehead atoms. The fraction of sp³-hybridized carbons (Fsp3) is 0.273. The van der Waals surface area contributed by atoms with Crippen LogP contribution in [0.4, 0.5) is 20.3 Å². The molecule has 3 aromatic rings. The first-order chi connectivity index (χ1) is 16.3. The van der Waals surface area contributed by atoms with Crippen LogP contribution in [0.25, 0.3) is 10.9 Å². The summed E-state index contributed by atoms with van der Waals surface area (Å²) in [5.41, 5.74) is 0.778. The second-order valence-corrected chi connectivity index (χ2v) is 9.66. The van der Waals surface area contributed by atoms with Gasteiger partial charge in [-0.15, -0.1) is 5.92 Å². The Hall–Kier alpha value is -3.85. The van der Waals surface area contributed by atoms with Crippen LogP contribution in [0.2, 0.25) is 0 Å². The minimum Gasteiger partial charge on any atom is -0.479 e. The number of aromatic nitrogens is 3. The summed E-state index contributed by atoms with van der Waals surface area (Å²) in [5, 5.41) is 12.6. The largest absolute Gasteiger partial charge is 0.479 e. The van der Waals surface area contributed by atoms with Gasteiger partial charge >= 0.3 is 0 Å². The molecular weight excluding hydrogens is 466 g/mol. The predicted molar refractivity (Wildman–Crippen MR) is 123 cm³/mol. The summed E-state index contributed by atoms with van der Waals surface area (Å²) >= 11 is 0. The van der Waals surface area contributed by atoms with Crippen LogP contribution in [-0.4, -0.2) is 53.5 Å². The number of hydrogen-bond acceptors (Lipinski definition) is 8. The molecule has 0 amide bonds. The van der Waals surface area contributed by atoms with E-state index >= 15 is 0 Å². The molecular formula is C22H20F2N6O3S. The summed E-state index contributed by atoms with van der Waals surface area (Å²) in [7, 11) is -3.97. The number of alkyl halides is 1. The number of amidine groups is 1. The molecule has 3 N–H and O–H groups in total. The number of pyridine rings is 3. The number of sulfone groups is 1. The van der Waals surface area contributed by atoms with Crippen LogP contribution in [0.3, 0.4) is 0 Å². The first-order valence-corrected chi connectivity index (χ1v) is 11.9. The maximum atomic E-state index is 14.5. The molecule has 1 aliphatic heterocycles. The standard InChI is InChI=1S/C22H20F2N6O3S/c1-2-3-6-33-15-7-13-4-5-26-22(19(13)27-11-15)29-14-8-16(20(24)28-10-14)17-12-34(31,32)18(9-23)21(25)30-17/h4-5,7-8,10-11,17-18H,6,9,12H2,1H3,(H2,25,30)(H,26,29). The molecule has 176 valence electrons. The normalized spacial score (nSPS) is 19.1. The van der Waals surface area contributed by atoms with Crippen molar-refractivity contribution in [3.05, 3.63) is 48.3 Å². The van der Waals surface area contributed by atoms with Crippen molar-refractivity contribution in [2.75, 3.05) is 24.4 Å². The Morgan fingerprint density at radius 2 is 2.12 bits per heavy atom. The zero-order valence-electron chi connectivity index (χ0n) is 18.0. The molecule has 4 rings (SSSR count). The van der Waals surface area contributed by atoms with Crippen molar-refractivity contribution in [3.63, 3.8) is 0 Å². The topological polar surface area (TPSA) is 130 Å². The third-order valence-electron chi connectivity index (χ3n) is 5.19. The second-order valence-electron chi connectivity index (χ2n) is 7.43. The monoisotopic (exact) mass is 486 g/mol. The average molecular weight is 487 g/mol. The highest BCUT2D eigenvalue weighted by atomic mass is 32.2. The summed E-state index contributed by atoms with van der Waals surface area (Å²) in [4.78, 5) is 12.4. The van der Waals surface area contributed by atoms with Crippen molar-refractivity contribution >= 4 is 38.1 Å². The summed E-state index contributed by atoms with van der Waals surface area (Å²) in [5.74, 6) is 4.47. The Bertz CT molecular complexity index is 1420. The first kappa shape index (κ1) is 23.3. The van der Waals surface area contributed by atoms with Gasteiger partial charge in [0.2, 0.25) is 5.95 Å². The van der Waals surface area contributed by atoms with Crippen LogP contribution in [-0.2, 0) is 9.84 Å². The summed E-state index contributed by atoms with van der Waals surface area (Å²) in [6, 6.07) is 3.83. The number of hydrogen-bond donors (Lipinski definition) is 3. The van der Waals surface area contributed by atoms with Crippen molar-refractivity contribution in [1.82, 2.24) is 20.3 Å². The highest BCUT2D eigenvalue weighted by molar-refractivity contribution is 7.92. The molecule has 34 heavy (non-hydrogen) atoms. The highest BCUT2D eigenvalue weighted by Crippen LogP contribution is 2.29. The quantitative estimate of drug-likeness (QED) is 0.358. The van der Waals surface area contributed by atoms with Crippen LogP contribution in [0.5, 0.6) is 5.75 Å². The Balaban J connectivity index is 1.61. The molecule has 1 saturated heterocycles. The molecule has 12 heteroatoms. The van der Waals surface area contributed by atoms with E-state index in [1.165, 1.54) is 18.5 Å². The number of anilines is 2. The lowest BCUT2D eigenvalue weighted by atomic mass is 10.1. The molecule has 4 heterocycles. The van der Waals surface area contributed by atoms with Crippen LogP contribution in [0, 0.1) is 23.2 Å². The van der Waals surface area contributed by atoms with E-state index < -0.39 is 45.3 Å². The fourth-order valence-corrected chi connectivity index (χ4v) is 5.09. The maximum absolute atomic E-state index is 14.5. The summed E-state index contributed by atoms with van der Waals surface area (Å²) in [6.07, 6.45) is 4.32. The minimum absolute atomic E-state index is 0.0726. The van der Waals surface area contributed by atoms with Gasteiger partial charge < -0.3 is 15.4 Å². The predicted octanol–water partition coefficient (Wildman–Crippen LogP) is 2.68. The smallest absolute Gasteiger partial charge is 0.218 e. The third-order valence-corrected chi connectivity index (χ3v) is 7.22. The molecule has 0 radical (unpaired) electrons. The minimum atomic E-state index is -3.97. The van der Waals surface area contributed by atoms with Crippen LogP contribution < -0.4 is 15.4 Å². The van der Waals surface area contributed by atoms with Crippen LogP contribution >= 0.6 is 0 Å². The molecule has 2 unspecified atom stereocenters. The molecule has 0 saturated carbocycles. The summed E-state index contributed by atoms with van der Waals surface area (Å²) in [6.45, 7) is 0.732. The molecule has 0 aromatic carbocycles. The second kappa shape index (κ2) is 9.56. The average Bonchev–Trinajstić information content (AvgIpc) is 2.80. The lowest BCUT2D eigenvalue weighted by molar-refractivity contribution is 0.369. The van der Waals surface area contributed by atoms with Gasteiger partial charge in [-0.1, -0.05) is 5.92 Å². The van der Waals surface area contributed by atoms with Crippen molar-refractivity contribution < 1.29 is 21.9 Å². The molecule has 0 aliphatic carbocycles. The Labute approximate surface area is 194 Å². The summed E-state index contributed by atoms with van der Waals surface area (Å²) < 4.78 is 57.8. The van der Waals surface area contributed by atoms with Crippen LogP contribution in [0.1, 0.15) is 18.5 Å². The van der Waals surface area contributed by atoms with E-state index in [-0.39, 0.29) is 12.2 Å². The van der Waals surface area contributed by atoms with E-state index in [4.69, 9.17) is 10.1 Å². The zero-order valence-corrected chi connectivity index (χ0v) is 18.8. The molecule has 0 spiro atoms. The van der Waals surface area contributed by atoms with E-state index in [9.17, 15) is 17.2 Å². The van der Waals surface area contributed by atoms with Gasteiger partial charge in [-0.25, -0.2) is 27.8 Å². The molecule has 3 aromatic heterocycles. The van der Waals surface area contributed by atoms with Gasteiger partial charge in [0.05, 0.1) is 29.9 Å². The Morgan fingerprint density at radius 3 is 2.85 bits per heavy atom. The van der Waals surface area contributed by atoms with Gasteiger partial charge in [0.25, 0.3) is 0 Å². The third kappa shape index (κ3) is 4.74. The lowest BCUT2D eigenvalue weighted by Crippen LogP contribution is -2.51. The number of halogens is 2. The number of nitrogens with zero attached hydrogens (tertiary/aromatic N) is 3. The Kier molecular flexibility index (Phi) is 6.56. The fourth-order valence-electron chi connectivity index (χ4n) is 3.51. The first-order valence-electron chi connectivity index (χ1n) is 10.1. The maximum Gasteiger partial charge on any atom is 0.218 e. The molecule has 2 atom stereocenters. The number of ether oxygens (including phenoxy) is 1. The van der Waals surface area contributed by atoms with Gasteiger partial charge in [0.1, 0.15) is 35.6 Å².